The number of nitrogens with one attached hydrogen (secondary N) is 4. The zero-order chi connectivity index (χ0) is 30.9. The maximum absolute atomic E-state index is 12.4. The van der Waals surface area contributed by atoms with Gasteiger partial charge in [0.05, 0.1) is 10.5 Å². The molecule has 0 radical (unpaired) electrons. The van der Waals surface area contributed by atoms with Crippen molar-refractivity contribution in [2.45, 2.75) is 51.3 Å². The summed E-state index contributed by atoms with van der Waals surface area (Å²) in [4.78, 5) is 24.8. The average molecular weight is 619 g/mol. The van der Waals surface area contributed by atoms with Gasteiger partial charge in [-0.15, -0.1) is 0 Å². The van der Waals surface area contributed by atoms with Crippen LogP contribution in [0.2, 0.25) is 0 Å². The van der Waals surface area contributed by atoms with E-state index in [-0.39, 0.29) is 24.6 Å². The molecule has 0 atom stereocenters. The van der Waals surface area contributed by atoms with Gasteiger partial charge in [0.1, 0.15) is 11.5 Å². The van der Waals surface area contributed by atoms with Crippen molar-refractivity contribution in [1.29, 1.82) is 0 Å². The molecule has 0 saturated heterocycles. The standard InChI is InChI=1S/C28H34N4O8S2/c1-19(2)41(35,36)39-25-12-6-10-23(15-25)31-27(33)29-17-21-8-5-9-22(14-21)18-30-28(34)32-24-11-7-13-26(16-24)40-42(37,38)20(3)4/h5-16,19-20H,17-18H2,1-4H3,(H2,29,31,33)(H2,30,32,34). The van der Waals surface area contributed by atoms with Crippen molar-refractivity contribution in [2.24, 2.45) is 0 Å². The number of hydrogen-bond acceptors (Lipinski definition) is 8. The largest absolute Gasteiger partial charge is 0.382 e. The fourth-order valence-electron chi connectivity index (χ4n) is 3.28. The van der Waals surface area contributed by atoms with Gasteiger partial charge < -0.3 is 29.6 Å². The minimum Gasteiger partial charge on any atom is -0.382 e. The number of carbonyl (C=O) groups is 2. The average Bonchev–Trinajstić information content (AvgIpc) is 2.91. The highest BCUT2D eigenvalue weighted by Gasteiger charge is 2.19. The van der Waals surface area contributed by atoms with E-state index in [9.17, 15) is 26.4 Å². The van der Waals surface area contributed by atoms with E-state index in [1.165, 1.54) is 52.0 Å². The number of urea groups is 2. The Labute approximate surface area is 246 Å². The zero-order valence-corrected chi connectivity index (χ0v) is 25.2. The lowest BCUT2D eigenvalue weighted by molar-refractivity contribution is 0.251. The molecule has 226 valence electrons. The normalized spacial score (nSPS) is 11.6. The van der Waals surface area contributed by atoms with Gasteiger partial charge >= 0.3 is 32.3 Å². The van der Waals surface area contributed by atoms with Crippen LogP contribution in [0.1, 0.15) is 38.8 Å². The van der Waals surface area contributed by atoms with Crippen LogP contribution in [-0.2, 0) is 33.3 Å². The summed E-state index contributed by atoms with van der Waals surface area (Å²) in [6.45, 7) is 6.41. The van der Waals surface area contributed by atoms with E-state index in [1.807, 2.05) is 18.2 Å². The van der Waals surface area contributed by atoms with Crippen LogP contribution in [0.25, 0.3) is 0 Å². The van der Waals surface area contributed by atoms with E-state index in [1.54, 1.807) is 30.3 Å². The number of carbonyl (C=O) groups excluding carboxylic acids is 2. The molecule has 3 rings (SSSR count). The summed E-state index contributed by atoms with van der Waals surface area (Å²) >= 11 is 0. The second kappa shape index (κ2) is 14.0. The molecule has 4 N–H and O–H groups in total. The van der Waals surface area contributed by atoms with Gasteiger partial charge in [-0.05, 0) is 63.1 Å². The molecule has 0 aliphatic carbocycles. The Kier molecular flexibility index (Phi) is 10.8. The molecule has 0 aromatic heterocycles. The van der Waals surface area contributed by atoms with Crippen molar-refractivity contribution in [3.8, 4) is 11.5 Å². The van der Waals surface area contributed by atoms with Gasteiger partial charge in [0.25, 0.3) is 0 Å². The molecule has 12 nitrogen and oxygen atoms in total. The molecular formula is C28H34N4O8S2. The van der Waals surface area contributed by atoms with E-state index < -0.39 is 42.8 Å². The van der Waals surface area contributed by atoms with E-state index >= 15 is 0 Å². The molecule has 42 heavy (non-hydrogen) atoms. The van der Waals surface area contributed by atoms with Gasteiger partial charge in [0.2, 0.25) is 0 Å². The van der Waals surface area contributed by atoms with Gasteiger partial charge in [-0.25, -0.2) is 9.59 Å². The molecule has 14 heteroatoms. The lowest BCUT2D eigenvalue weighted by Gasteiger charge is -2.12. The first-order valence-electron chi connectivity index (χ1n) is 13.0. The summed E-state index contributed by atoms with van der Waals surface area (Å²) in [7, 11) is -7.53. The first kappa shape index (κ1) is 32.2. The fourth-order valence-corrected chi connectivity index (χ4v) is 4.41. The Morgan fingerprint density at radius 1 is 0.619 bits per heavy atom. The van der Waals surface area contributed by atoms with E-state index in [0.29, 0.717) is 11.4 Å². The van der Waals surface area contributed by atoms with E-state index in [4.69, 9.17) is 8.37 Å². The Morgan fingerprint density at radius 2 is 1.00 bits per heavy atom. The molecule has 0 aliphatic rings. The third-order valence-electron chi connectivity index (χ3n) is 5.66. The molecule has 4 amide bonds. The van der Waals surface area contributed by atoms with Crippen LogP contribution in [0.5, 0.6) is 11.5 Å². The summed E-state index contributed by atoms with van der Waals surface area (Å²) in [5, 5.41) is 9.28. The van der Waals surface area contributed by atoms with Crippen molar-refractivity contribution >= 4 is 43.7 Å². The van der Waals surface area contributed by atoms with Gasteiger partial charge in [-0.2, -0.15) is 16.8 Å². The highest BCUT2D eigenvalue weighted by atomic mass is 32.2. The van der Waals surface area contributed by atoms with Crippen LogP contribution in [0, 0.1) is 0 Å². The first-order valence-corrected chi connectivity index (χ1v) is 15.9. The predicted octanol–water partition coefficient (Wildman–Crippen LogP) is 4.56. The zero-order valence-electron chi connectivity index (χ0n) is 23.6. The van der Waals surface area contributed by atoms with Crippen LogP contribution in [0.3, 0.4) is 0 Å². The fraction of sp³-hybridized carbons (Fsp3) is 0.286. The molecule has 0 fully saturated rings. The topological polar surface area (TPSA) is 169 Å². The highest BCUT2D eigenvalue weighted by molar-refractivity contribution is 7.87. The van der Waals surface area contributed by atoms with Gasteiger partial charge in [0.15, 0.2) is 0 Å². The third-order valence-corrected chi connectivity index (χ3v) is 8.82. The molecule has 0 spiro atoms. The maximum Gasteiger partial charge on any atom is 0.319 e. The van der Waals surface area contributed by atoms with Crippen LogP contribution in [0.15, 0.2) is 72.8 Å². The number of hydrogen-bond donors (Lipinski definition) is 4. The predicted molar refractivity (Wildman–Crippen MR) is 160 cm³/mol. The van der Waals surface area contributed by atoms with Gasteiger partial charge in [-0.3, -0.25) is 0 Å². The molecule has 3 aromatic rings. The molecular weight excluding hydrogens is 584 g/mol. The van der Waals surface area contributed by atoms with Gasteiger partial charge in [-0.1, -0.05) is 36.4 Å². The molecule has 3 aromatic carbocycles. The lowest BCUT2D eigenvalue weighted by atomic mass is 10.1. The second-order valence-corrected chi connectivity index (χ2v) is 13.9. The summed E-state index contributed by atoms with van der Waals surface area (Å²) in [6, 6.07) is 18.3. The summed E-state index contributed by atoms with van der Waals surface area (Å²) in [5.74, 6) is 0.177. The van der Waals surface area contributed by atoms with E-state index in [2.05, 4.69) is 21.3 Å². The molecule has 0 aliphatic heterocycles. The molecule has 0 heterocycles. The van der Waals surface area contributed by atoms with Crippen molar-refractivity contribution in [3.05, 3.63) is 83.9 Å². The molecule has 0 saturated carbocycles. The third kappa shape index (κ3) is 9.96. The summed E-state index contributed by atoms with van der Waals surface area (Å²) in [5.41, 5.74) is 2.26. The Bertz CT molecular complexity index is 1510. The maximum atomic E-state index is 12.4. The minimum absolute atomic E-state index is 0.0887. The lowest BCUT2D eigenvalue weighted by Crippen LogP contribution is -2.29. The molecule has 0 bridgehead atoms. The Morgan fingerprint density at radius 3 is 1.38 bits per heavy atom. The molecule has 0 unspecified atom stereocenters. The summed E-state index contributed by atoms with van der Waals surface area (Å²) < 4.78 is 58.1. The van der Waals surface area contributed by atoms with Gasteiger partial charge in [0, 0.05) is 36.6 Å². The van der Waals surface area contributed by atoms with Crippen LogP contribution in [-0.4, -0.2) is 39.4 Å². The highest BCUT2D eigenvalue weighted by Crippen LogP contribution is 2.21. The second-order valence-electron chi connectivity index (χ2n) is 9.74. The SMILES string of the molecule is CC(C)S(=O)(=O)Oc1cccc(NC(=O)NCc2cccc(CNC(=O)Nc3cccc(OS(=O)(=O)C(C)C)c3)c2)c1. The quantitative estimate of drug-likeness (QED) is 0.214. The van der Waals surface area contributed by atoms with Crippen molar-refractivity contribution < 1.29 is 34.8 Å². The Balaban J connectivity index is 1.49. The van der Waals surface area contributed by atoms with Crippen molar-refractivity contribution in [1.82, 2.24) is 10.6 Å². The smallest absolute Gasteiger partial charge is 0.319 e. The number of anilines is 2. The monoisotopic (exact) mass is 618 g/mol. The van der Waals surface area contributed by atoms with Crippen molar-refractivity contribution in [2.75, 3.05) is 10.6 Å². The van der Waals surface area contributed by atoms with Crippen LogP contribution < -0.4 is 29.6 Å². The number of amides is 4. The van der Waals surface area contributed by atoms with Crippen LogP contribution >= 0.6 is 0 Å². The minimum atomic E-state index is -3.77. The number of rotatable bonds is 12. The van der Waals surface area contributed by atoms with Crippen molar-refractivity contribution in [3.63, 3.8) is 0 Å². The van der Waals surface area contributed by atoms with E-state index in [0.717, 1.165) is 11.1 Å². The number of benzene rings is 3. The first-order chi connectivity index (χ1) is 19.7. The Hall–Kier alpha value is -4.30. The van der Waals surface area contributed by atoms with Crippen LogP contribution in [0.4, 0.5) is 21.0 Å². The summed E-state index contributed by atoms with van der Waals surface area (Å²) in [6.07, 6.45) is 0.